The van der Waals surface area contributed by atoms with Crippen LogP contribution in [-0.2, 0) is 0 Å². The highest BCUT2D eigenvalue weighted by Crippen LogP contribution is 2.14. The van der Waals surface area contributed by atoms with Crippen LogP contribution in [0.15, 0.2) is 18.2 Å². The van der Waals surface area contributed by atoms with E-state index in [0.29, 0.717) is 11.9 Å². The lowest BCUT2D eigenvalue weighted by atomic mass is 10.1. The molecule has 0 atom stereocenters. The molecule has 0 saturated carbocycles. The monoisotopic (exact) mass is 206 g/mol. The van der Waals surface area contributed by atoms with Crippen LogP contribution in [0.3, 0.4) is 0 Å². The second-order valence-electron chi connectivity index (χ2n) is 4.17. The lowest BCUT2D eigenvalue weighted by Gasteiger charge is -2.29. The van der Waals surface area contributed by atoms with Gasteiger partial charge in [-0.2, -0.15) is 0 Å². The summed E-state index contributed by atoms with van der Waals surface area (Å²) in [5.74, 6) is 1.47. The van der Waals surface area contributed by atoms with E-state index in [1.165, 1.54) is 12.8 Å². The first-order valence-corrected chi connectivity index (χ1v) is 5.41. The molecule has 2 heterocycles. The second-order valence-corrected chi connectivity index (χ2v) is 4.17. The molecular formula is C11H18N4. The van der Waals surface area contributed by atoms with Gasteiger partial charge in [0.15, 0.2) is 0 Å². The molecule has 1 aromatic heterocycles. The van der Waals surface area contributed by atoms with Gasteiger partial charge in [0.05, 0.1) is 0 Å². The number of piperidine rings is 1. The maximum absolute atomic E-state index is 5.63. The summed E-state index contributed by atoms with van der Waals surface area (Å²) in [6.07, 6.45) is 2.35. The minimum Gasteiger partial charge on any atom is -0.384 e. The van der Waals surface area contributed by atoms with Crippen LogP contribution >= 0.6 is 0 Å². The Morgan fingerprint density at radius 1 is 1.40 bits per heavy atom. The molecule has 0 aromatic carbocycles. The van der Waals surface area contributed by atoms with E-state index in [9.17, 15) is 0 Å². The number of aromatic nitrogens is 1. The molecule has 1 fully saturated rings. The van der Waals surface area contributed by atoms with Gasteiger partial charge in [0.2, 0.25) is 0 Å². The Hall–Kier alpha value is -1.29. The summed E-state index contributed by atoms with van der Waals surface area (Å²) in [5.41, 5.74) is 5.63. The third-order valence-corrected chi connectivity index (χ3v) is 2.84. The Labute approximate surface area is 90.5 Å². The van der Waals surface area contributed by atoms with Crippen molar-refractivity contribution in [2.45, 2.75) is 18.9 Å². The van der Waals surface area contributed by atoms with Gasteiger partial charge in [-0.15, -0.1) is 0 Å². The van der Waals surface area contributed by atoms with Crippen molar-refractivity contribution < 1.29 is 0 Å². The minimum atomic E-state index is 0.538. The Kier molecular flexibility index (Phi) is 3.06. The molecule has 4 heteroatoms. The molecule has 1 aliphatic heterocycles. The van der Waals surface area contributed by atoms with E-state index in [-0.39, 0.29) is 0 Å². The number of hydrogen-bond donors (Lipinski definition) is 2. The molecule has 1 aliphatic rings. The highest BCUT2D eigenvalue weighted by Gasteiger charge is 2.16. The van der Waals surface area contributed by atoms with E-state index in [2.05, 4.69) is 22.2 Å². The number of likely N-dealkylation sites (tertiary alicyclic amines) is 1. The number of rotatable bonds is 2. The molecule has 1 saturated heterocycles. The smallest absolute Gasteiger partial charge is 0.128 e. The molecule has 0 amide bonds. The standard InChI is InChI=1S/C11H18N4/c1-15-7-5-9(6-8-15)13-11-4-2-3-10(12)14-11/h2-4,9H,5-8H2,1H3,(H3,12,13,14). The molecule has 15 heavy (non-hydrogen) atoms. The average Bonchev–Trinajstić information content (AvgIpc) is 2.22. The summed E-state index contributed by atoms with van der Waals surface area (Å²) in [7, 11) is 2.16. The molecule has 0 unspecified atom stereocenters. The van der Waals surface area contributed by atoms with Crippen molar-refractivity contribution in [3.63, 3.8) is 0 Å². The first-order chi connectivity index (χ1) is 7.24. The zero-order chi connectivity index (χ0) is 10.7. The van der Waals surface area contributed by atoms with Gasteiger partial charge in [-0.25, -0.2) is 4.98 Å². The van der Waals surface area contributed by atoms with Gasteiger partial charge in [0, 0.05) is 6.04 Å². The predicted molar refractivity (Wildman–Crippen MR) is 62.8 cm³/mol. The third-order valence-electron chi connectivity index (χ3n) is 2.84. The van der Waals surface area contributed by atoms with Crippen molar-refractivity contribution in [3.8, 4) is 0 Å². The SMILES string of the molecule is CN1CCC(Nc2cccc(N)n2)CC1. The van der Waals surface area contributed by atoms with Gasteiger partial charge in [-0.05, 0) is 45.1 Å². The van der Waals surface area contributed by atoms with Crippen LogP contribution in [0.25, 0.3) is 0 Å². The average molecular weight is 206 g/mol. The maximum atomic E-state index is 5.63. The van der Waals surface area contributed by atoms with Crippen LogP contribution in [-0.4, -0.2) is 36.1 Å². The van der Waals surface area contributed by atoms with E-state index in [1.807, 2.05) is 12.1 Å². The molecule has 1 aromatic rings. The molecular weight excluding hydrogens is 188 g/mol. The number of nitrogens with two attached hydrogens (primary N) is 1. The largest absolute Gasteiger partial charge is 0.384 e. The molecule has 82 valence electrons. The highest BCUT2D eigenvalue weighted by atomic mass is 15.1. The first-order valence-electron chi connectivity index (χ1n) is 5.41. The van der Waals surface area contributed by atoms with Crippen molar-refractivity contribution in [1.29, 1.82) is 0 Å². The fourth-order valence-electron chi connectivity index (χ4n) is 1.89. The van der Waals surface area contributed by atoms with Gasteiger partial charge in [-0.1, -0.05) is 6.07 Å². The van der Waals surface area contributed by atoms with Gasteiger partial charge in [0.25, 0.3) is 0 Å². The van der Waals surface area contributed by atoms with Crippen LogP contribution in [0.4, 0.5) is 11.6 Å². The first kappa shape index (κ1) is 10.2. The molecule has 0 spiro atoms. The summed E-state index contributed by atoms with van der Waals surface area (Å²) in [6, 6.07) is 6.24. The van der Waals surface area contributed by atoms with E-state index in [1.54, 1.807) is 6.07 Å². The van der Waals surface area contributed by atoms with Gasteiger partial charge in [-0.3, -0.25) is 0 Å². The molecule has 0 radical (unpaired) electrons. The number of nitrogen functional groups attached to an aromatic ring is 1. The number of nitrogens with zero attached hydrogens (tertiary/aromatic N) is 2. The fraction of sp³-hybridized carbons (Fsp3) is 0.545. The number of pyridine rings is 1. The van der Waals surface area contributed by atoms with Gasteiger partial charge >= 0.3 is 0 Å². The second kappa shape index (κ2) is 4.49. The predicted octanol–water partition coefficient (Wildman–Crippen LogP) is 1.17. The minimum absolute atomic E-state index is 0.538. The molecule has 4 nitrogen and oxygen atoms in total. The van der Waals surface area contributed by atoms with Crippen LogP contribution in [0, 0.1) is 0 Å². The number of hydrogen-bond acceptors (Lipinski definition) is 4. The molecule has 0 bridgehead atoms. The third kappa shape index (κ3) is 2.83. The zero-order valence-corrected chi connectivity index (χ0v) is 9.11. The Bertz CT molecular complexity index is 318. The number of anilines is 2. The Morgan fingerprint density at radius 3 is 2.80 bits per heavy atom. The molecule has 0 aliphatic carbocycles. The summed E-state index contributed by atoms with van der Waals surface area (Å²) in [6.45, 7) is 2.31. The van der Waals surface area contributed by atoms with Crippen molar-refractivity contribution >= 4 is 11.6 Å². The van der Waals surface area contributed by atoms with E-state index >= 15 is 0 Å². The van der Waals surface area contributed by atoms with Crippen molar-refractivity contribution in [3.05, 3.63) is 18.2 Å². The zero-order valence-electron chi connectivity index (χ0n) is 9.11. The van der Waals surface area contributed by atoms with Crippen LogP contribution in [0.1, 0.15) is 12.8 Å². The molecule has 2 rings (SSSR count). The van der Waals surface area contributed by atoms with Crippen LogP contribution in [0.5, 0.6) is 0 Å². The van der Waals surface area contributed by atoms with Gasteiger partial charge < -0.3 is 16.0 Å². The summed E-state index contributed by atoms with van der Waals surface area (Å²) >= 11 is 0. The van der Waals surface area contributed by atoms with Gasteiger partial charge in [0.1, 0.15) is 11.6 Å². The Morgan fingerprint density at radius 2 is 2.13 bits per heavy atom. The number of nitrogens with one attached hydrogen (secondary N) is 1. The highest BCUT2D eigenvalue weighted by molar-refractivity contribution is 5.42. The summed E-state index contributed by atoms with van der Waals surface area (Å²) < 4.78 is 0. The fourth-order valence-corrected chi connectivity index (χ4v) is 1.89. The lowest BCUT2D eigenvalue weighted by molar-refractivity contribution is 0.263. The van der Waals surface area contributed by atoms with Crippen molar-refractivity contribution in [2.24, 2.45) is 0 Å². The van der Waals surface area contributed by atoms with Crippen molar-refractivity contribution in [1.82, 2.24) is 9.88 Å². The lowest BCUT2D eigenvalue weighted by Crippen LogP contribution is -2.36. The summed E-state index contributed by atoms with van der Waals surface area (Å²) in [5, 5.41) is 3.42. The summed E-state index contributed by atoms with van der Waals surface area (Å²) in [4.78, 5) is 6.59. The van der Waals surface area contributed by atoms with E-state index in [4.69, 9.17) is 5.73 Å². The van der Waals surface area contributed by atoms with E-state index in [0.717, 1.165) is 18.9 Å². The quantitative estimate of drug-likeness (QED) is 0.762. The van der Waals surface area contributed by atoms with Crippen molar-refractivity contribution in [2.75, 3.05) is 31.2 Å². The van der Waals surface area contributed by atoms with Crippen LogP contribution < -0.4 is 11.1 Å². The van der Waals surface area contributed by atoms with Crippen LogP contribution in [0.2, 0.25) is 0 Å². The normalized spacial score (nSPS) is 19.0. The topological polar surface area (TPSA) is 54.2 Å². The molecule has 3 N–H and O–H groups in total. The maximum Gasteiger partial charge on any atom is 0.128 e. The Balaban J connectivity index is 1.92. The van der Waals surface area contributed by atoms with E-state index < -0.39 is 0 Å².